The third-order valence-corrected chi connectivity index (χ3v) is 5.36. The van der Waals surface area contributed by atoms with Gasteiger partial charge >= 0.3 is 0 Å². The molecule has 0 bridgehead atoms. The molecule has 0 saturated heterocycles. The van der Waals surface area contributed by atoms with E-state index in [1.54, 1.807) is 6.92 Å². The Balaban J connectivity index is 2.19. The molecule has 0 radical (unpaired) electrons. The molecule has 5 heteroatoms. The molecule has 1 N–H and O–H groups in total. The Bertz CT molecular complexity index is 759. The molecule has 1 aromatic heterocycles. The molecule has 0 spiro atoms. The standard InChI is InChI=1S/C20H28N2O2S/c1-6-17(19(24)21-11-12-25-20(3,4)5)22-13-16(14(2)23)15-9-7-8-10-18(15)22/h7-10,13,17H,6,11-12H2,1-5H3,(H,21,24)/t17-/m0/s1. The average molecular weight is 361 g/mol. The second-order valence-corrected chi connectivity index (χ2v) is 9.12. The van der Waals surface area contributed by atoms with Gasteiger partial charge < -0.3 is 9.88 Å². The van der Waals surface area contributed by atoms with E-state index in [1.165, 1.54) is 0 Å². The lowest BCUT2D eigenvalue weighted by Crippen LogP contribution is -2.34. The Kier molecular flexibility index (Phi) is 6.33. The first kappa shape index (κ1) is 19.6. The van der Waals surface area contributed by atoms with Crippen LogP contribution in [0.15, 0.2) is 30.5 Å². The van der Waals surface area contributed by atoms with E-state index < -0.39 is 0 Å². The summed E-state index contributed by atoms with van der Waals surface area (Å²) >= 11 is 1.84. The molecule has 4 nitrogen and oxygen atoms in total. The van der Waals surface area contributed by atoms with E-state index in [9.17, 15) is 9.59 Å². The molecule has 136 valence electrons. The molecule has 1 amide bonds. The van der Waals surface area contributed by atoms with Crippen molar-refractivity contribution >= 4 is 34.4 Å². The molecule has 0 saturated carbocycles. The van der Waals surface area contributed by atoms with Crippen LogP contribution in [0.4, 0.5) is 0 Å². The van der Waals surface area contributed by atoms with Crippen molar-refractivity contribution in [1.82, 2.24) is 9.88 Å². The summed E-state index contributed by atoms with van der Waals surface area (Å²) in [5.41, 5.74) is 1.60. The molecule has 0 aliphatic rings. The van der Waals surface area contributed by atoms with Gasteiger partial charge in [0, 0.05) is 39.7 Å². The van der Waals surface area contributed by atoms with E-state index in [1.807, 2.05) is 53.7 Å². The van der Waals surface area contributed by atoms with Gasteiger partial charge in [0.25, 0.3) is 0 Å². The molecule has 0 fully saturated rings. The van der Waals surface area contributed by atoms with Crippen LogP contribution in [0, 0.1) is 0 Å². The topological polar surface area (TPSA) is 51.1 Å². The molecular formula is C20H28N2O2S. The van der Waals surface area contributed by atoms with Gasteiger partial charge in [0.05, 0.1) is 0 Å². The number of ketones is 1. The van der Waals surface area contributed by atoms with Crippen molar-refractivity contribution in [2.45, 2.75) is 51.8 Å². The largest absolute Gasteiger partial charge is 0.353 e. The highest BCUT2D eigenvalue weighted by atomic mass is 32.2. The molecule has 1 heterocycles. The number of carbonyl (C=O) groups is 2. The number of rotatable bonds is 7. The maximum atomic E-state index is 12.7. The average Bonchev–Trinajstić information content (AvgIpc) is 2.91. The lowest BCUT2D eigenvalue weighted by atomic mass is 10.1. The number of thioether (sulfide) groups is 1. The second kappa shape index (κ2) is 8.09. The Labute approximate surface area is 154 Å². The highest BCUT2D eigenvalue weighted by Gasteiger charge is 2.22. The smallest absolute Gasteiger partial charge is 0.243 e. The van der Waals surface area contributed by atoms with Crippen molar-refractivity contribution in [3.05, 3.63) is 36.0 Å². The summed E-state index contributed by atoms with van der Waals surface area (Å²) in [4.78, 5) is 24.6. The summed E-state index contributed by atoms with van der Waals surface area (Å²) in [7, 11) is 0. The fraction of sp³-hybridized carbons (Fsp3) is 0.500. The molecule has 25 heavy (non-hydrogen) atoms. The van der Waals surface area contributed by atoms with E-state index >= 15 is 0 Å². The number of nitrogens with zero attached hydrogens (tertiary/aromatic N) is 1. The fourth-order valence-electron chi connectivity index (χ4n) is 2.90. The van der Waals surface area contributed by atoms with Gasteiger partial charge in [-0.15, -0.1) is 0 Å². The quantitative estimate of drug-likeness (QED) is 0.586. The van der Waals surface area contributed by atoms with Crippen LogP contribution in [-0.2, 0) is 4.79 Å². The van der Waals surface area contributed by atoms with Gasteiger partial charge in [0.2, 0.25) is 5.91 Å². The number of nitrogens with one attached hydrogen (secondary N) is 1. The summed E-state index contributed by atoms with van der Waals surface area (Å²) in [6.45, 7) is 10.7. The van der Waals surface area contributed by atoms with Crippen LogP contribution < -0.4 is 5.32 Å². The normalized spacial score (nSPS) is 13.0. The van der Waals surface area contributed by atoms with Crippen LogP contribution in [-0.4, -0.2) is 33.3 Å². The number of para-hydroxylation sites is 1. The number of benzene rings is 1. The Morgan fingerprint density at radius 3 is 2.52 bits per heavy atom. The van der Waals surface area contributed by atoms with E-state index in [2.05, 4.69) is 26.1 Å². The van der Waals surface area contributed by atoms with Gasteiger partial charge in [0.15, 0.2) is 5.78 Å². The van der Waals surface area contributed by atoms with Crippen molar-refractivity contribution in [3.63, 3.8) is 0 Å². The zero-order chi connectivity index (χ0) is 18.6. The number of fused-ring (bicyclic) bond motifs is 1. The first-order chi connectivity index (χ1) is 11.7. The van der Waals surface area contributed by atoms with Crippen LogP contribution >= 0.6 is 11.8 Å². The van der Waals surface area contributed by atoms with Crippen LogP contribution in [0.3, 0.4) is 0 Å². The number of amides is 1. The highest BCUT2D eigenvalue weighted by molar-refractivity contribution is 8.00. The predicted molar refractivity (Wildman–Crippen MR) is 106 cm³/mol. The van der Waals surface area contributed by atoms with Gasteiger partial charge in [-0.1, -0.05) is 45.9 Å². The minimum Gasteiger partial charge on any atom is -0.353 e. The predicted octanol–water partition coefficient (Wildman–Crippen LogP) is 4.44. The maximum absolute atomic E-state index is 12.7. The molecule has 2 rings (SSSR count). The van der Waals surface area contributed by atoms with Gasteiger partial charge in [-0.2, -0.15) is 11.8 Å². The number of Topliss-reactive ketones (excluding diaryl/α,β-unsaturated/α-hetero) is 1. The molecule has 1 aromatic carbocycles. The van der Waals surface area contributed by atoms with Crippen molar-refractivity contribution in [1.29, 1.82) is 0 Å². The van der Waals surface area contributed by atoms with Crippen molar-refractivity contribution < 1.29 is 9.59 Å². The van der Waals surface area contributed by atoms with Gasteiger partial charge in [-0.05, 0) is 19.4 Å². The molecule has 1 atom stereocenters. The number of hydrogen-bond donors (Lipinski definition) is 1. The van der Waals surface area contributed by atoms with Crippen molar-refractivity contribution in [3.8, 4) is 0 Å². The van der Waals surface area contributed by atoms with Crippen LogP contribution in [0.2, 0.25) is 0 Å². The molecule has 0 unspecified atom stereocenters. The summed E-state index contributed by atoms with van der Waals surface area (Å²) in [6, 6.07) is 7.45. The number of carbonyl (C=O) groups excluding carboxylic acids is 2. The summed E-state index contributed by atoms with van der Waals surface area (Å²) in [6.07, 6.45) is 2.50. The monoisotopic (exact) mass is 360 g/mol. The lowest BCUT2D eigenvalue weighted by Gasteiger charge is -2.20. The van der Waals surface area contributed by atoms with Gasteiger partial charge in [-0.3, -0.25) is 9.59 Å². The minimum absolute atomic E-state index is 0.00728. The fourth-order valence-corrected chi connectivity index (χ4v) is 3.72. The van der Waals surface area contributed by atoms with Gasteiger partial charge in [0.1, 0.15) is 6.04 Å². The lowest BCUT2D eigenvalue weighted by molar-refractivity contribution is -0.124. The van der Waals surface area contributed by atoms with E-state index in [-0.39, 0.29) is 22.5 Å². The second-order valence-electron chi connectivity index (χ2n) is 7.20. The summed E-state index contributed by atoms with van der Waals surface area (Å²) in [5, 5.41) is 3.95. The van der Waals surface area contributed by atoms with E-state index in [0.717, 1.165) is 16.7 Å². The molecular weight excluding hydrogens is 332 g/mol. The van der Waals surface area contributed by atoms with Crippen molar-refractivity contribution in [2.75, 3.05) is 12.3 Å². The highest BCUT2D eigenvalue weighted by Crippen LogP contribution is 2.27. The summed E-state index contributed by atoms with van der Waals surface area (Å²) in [5.74, 6) is 0.913. The maximum Gasteiger partial charge on any atom is 0.243 e. The molecule has 0 aliphatic heterocycles. The summed E-state index contributed by atoms with van der Waals surface area (Å²) < 4.78 is 2.14. The zero-order valence-electron chi connectivity index (χ0n) is 15.8. The van der Waals surface area contributed by atoms with Crippen LogP contribution in [0.25, 0.3) is 10.9 Å². The minimum atomic E-state index is -0.308. The van der Waals surface area contributed by atoms with E-state index in [4.69, 9.17) is 0 Å². The SMILES string of the molecule is CC[C@@H](C(=O)NCCSC(C)(C)C)n1cc(C(C)=O)c2ccccc21. The van der Waals surface area contributed by atoms with E-state index in [0.29, 0.717) is 18.5 Å². The number of aromatic nitrogens is 1. The van der Waals surface area contributed by atoms with Gasteiger partial charge in [-0.25, -0.2) is 0 Å². The van der Waals surface area contributed by atoms with Crippen LogP contribution in [0.5, 0.6) is 0 Å². The first-order valence-electron chi connectivity index (χ1n) is 8.76. The number of hydrogen-bond acceptors (Lipinski definition) is 3. The first-order valence-corrected chi connectivity index (χ1v) is 9.75. The van der Waals surface area contributed by atoms with Crippen molar-refractivity contribution in [2.24, 2.45) is 0 Å². The Hall–Kier alpha value is -1.75. The third kappa shape index (κ3) is 4.88. The molecule has 0 aliphatic carbocycles. The van der Waals surface area contributed by atoms with Crippen LogP contribution in [0.1, 0.15) is 57.4 Å². The third-order valence-electron chi connectivity index (χ3n) is 4.08. The Morgan fingerprint density at radius 1 is 1.24 bits per heavy atom. The Morgan fingerprint density at radius 2 is 1.92 bits per heavy atom. The molecule has 2 aromatic rings. The zero-order valence-corrected chi connectivity index (χ0v) is 16.6.